The maximum Gasteiger partial charge on any atom is 0.0961 e. The molecule has 16 heavy (non-hydrogen) atoms. The summed E-state index contributed by atoms with van der Waals surface area (Å²) in [6.07, 6.45) is 1.43. The second-order valence-electron chi connectivity index (χ2n) is 4.52. The van der Waals surface area contributed by atoms with Crippen LogP contribution in [0.2, 0.25) is 0 Å². The fourth-order valence-corrected chi connectivity index (χ4v) is 1.22. The van der Waals surface area contributed by atoms with E-state index in [2.05, 4.69) is 14.7 Å². The van der Waals surface area contributed by atoms with Gasteiger partial charge >= 0.3 is 0 Å². The number of nitrogens with zero attached hydrogens (tertiary/aromatic N) is 2. The van der Waals surface area contributed by atoms with Gasteiger partial charge in [-0.2, -0.15) is 0 Å². The molecule has 0 rings (SSSR count). The zero-order valence-corrected chi connectivity index (χ0v) is 11.0. The first-order valence-electron chi connectivity index (χ1n) is 5.73. The van der Waals surface area contributed by atoms with Crippen molar-refractivity contribution < 1.29 is 14.9 Å². The molecule has 0 saturated heterocycles. The van der Waals surface area contributed by atoms with Crippen molar-refractivity contribution >= 4 is 0 Å². The smallest absolute Gasteiger partial charge is 0.0961 e. The number of hydrogen-bond acceptors (Lipinski definition) is 5. The summed E-state index contributed by atoms with van der Waals surface area (Å²) in [5.41, 5.74) is 0. The van der Waals surface area contributed by atoms with Crippen LogP contribution in [0.25, 0.3) is 0 Å². The van der Waals surface area contributed by atoms with Gasteiger partial charge in [0, 0.05) is 26.1 Å². The molecular weight excluding hydrogens is 208 g/mol. The van der Waals surface area contributed by atoms with E-state index in [0.717, 1.165) is 32.5 Å². The van der Waals surface area contributed by atoms with Crippen LogP contribution in [0.5, 0.6) is 0 Å². The number of rotatable bonds is 10. The molecule has 0 radical (unpaired) electrons. The first-order valence-corrected chi connectivity index (χ1v) is 5.73. The average molecular weight is 234 g/mol. The van der Waals surface area contributed by atoms with Crippen LogP contribution in [0.4, 0.5) is 0 Å². The molecule has 0 bridgehead atoms. The van der Waals surface area contributed by atoms with E-state index in [1.807, 2.05) is 28.2 Å². The summed E-state index contributed by atoms with van der Waals surface area (Å²) in [6, 6.07) is 0. The molecule has 0 saturated carbocycles. The lowest BCUT2D eigenvalue weighted by atomic mass is 10.2. The van der Waals surface area contributed by atoms with E-state index >= 15 is 0 Å². The van der Waals surface area contributed by atoms with Crippen molar-refractivity contribution in [3.8, 4) is 0 Å². The Labute approximate surface area is 98.9 Å². The zero-order valence-electron chi connectivity index (χ0n) is 11.0. The Hall–Kier alpha value is -0.200. The number of ether oxygens (including phenoxy) is 1. The van der Waals surface area contributed by atoms with E-state index < -0.39 is 0 Å². The Balaban J connectivity index is 3.40. The minimum absolute atomic E-state index is 0.123. The highest BCUT2D eigenvalue weighted by atomic mass is 17.1. The second kappa shape index (κ2) is 9.99. The highest BCUT2D eigenvalue weighted by Gasteiger charge is 2.09. The Kier molecular flexibility index (Phi) is 9.86. The van der Waals surface area contributed by atoms with E-state index in [0.29, 0.717) is 6.61 Å². The van der Waals surface area contributed by atoms with E-state index in [9.17, 15) is 0 Å². The van der Waals surface area contributed by atoms with Crippen molar-refractivity contribution in [1.29, 1.82) is 0 Å². The van der Waals surface area contributed by atoms with Crippen LogP contribution in [0.1, 0.15) is 12.8 Å². The van der Waals surface area contributed by atoms with Crippen molar-refractivity contribution in [2.45, 2.75) is 18.9 Å². The fourth-order valence-electron chi connectivity index (χ4n) is 1.22. The molecule has 5 heteroatoms. The first kappa shape index (κ1) is 15.8. The second-order valence-corrected chi connectivity index (χ2v) is 4.52. The number of likely N-dealkylation sites (N-methyl/N-ethyl adjacent to an activating group) is 1. The van der Waals surface area contributed by atoms with Crippen molar-refractivity contribution in [2.24, 2.45) is 0 Å². The Morgan fingerprint density at radius 3 is 2.06 bits per heavy atom. The molecule has 0 aliphatic rings. The molecule has 0 spiro atoms. The zero-order chi connectivity index (χ0) is 12.4. The van der Waals surface area contributed by atoms with E-state index in [-0.39, 0.29) is 6.10 Å². The molecule has 98 valence electrons. The summed E-state index contributed by atoms with van der Waals surface area (Å²) >= 11 is 0. The largest absolute Gasteiger partial charge is 0.380 e. The molecule has 1 atom stereocenters. The van der Waals surface area contributed by atoms with Gasteiger partial charge in [-0.15, -0.1) is 0 Å². The van der Waals surface area contributed by atoms with Gasteiger partial charge < -0.3 is 14.5 Å². The van der Waals surface area contributed by atoms with Gasteiger partial charge in [0.25, 0.3) is 0 Å². The van der Waals surface area contributed by atoms with E-state index in [1.54, 1.807) is 0 Å². The van der Waals surface area contributed by atoms with Gasteiger partial charge in [0.15, 0.2) is 0 Å². The summed E-state index contributed by atoms with van der Waals surface area (Å²) in [4.78, 5) is 8.56. The molecular formula is C11H26N2O3. The van der Waals surface area contributed by atoms with Crippen molar-refractivity contribution in [1.82, 2.24) is 9.80 Å². The highest BCUT2D eigenvalue weighted by Crippen LogP contribution is 2.03. The van der Waals surface area contributed by atoms with Gasteiger partial charge in [0.05, 0.1) is 12.7 Å². The van der Waals surface area contributed by atoms with Gasteiger partial charge in [-0.3, -0.25) is 5.26 Å². The molecule has 0 heterocycles. The third-order valence-corrected chi connectivity index (χ3v) is 2.31. The third-order valence-electron chi connectivity index (χ3n) is 2.31. The molecule has 0 aromatic heterocycles. The molecule has 1 N–H and O–H groups in total. The van der Waals surface area contributed by atoms with Gasteiger partial charge in [-0.05, 0) is 34.6 Å². The fraction of sp³-hybridized carbons (Fsp3) is 1.00. The molecule has 0 fully saturated rings. The average Bonchev–Trinajstić information content (AvgIpc) is 2.21. The van der Waals surface area contributed by atoms with Crippen molar-refractivity contribution in [2.75, 3.05) is 54.5 Å². The topological polar surface area (TPSA) is 45.2 Å². The van der Waals surface area contributed by atoms with Gasteiger partial charge in [0.1, 0.15) is 0 Å². The van der Waals surface area contributed by atoms with Crippen LogP contribution < -0.4 is 0 Å². The van der Waals surface area contributed by atoms with Gasteiger partial charge in [-0.1, -0.05) is 0 Å². The monoisotopic (exact) mass is 234 g/mol. The lowest BCUT2D eigenvalue weighted by molar-refractivity contribution is -0.282. The molecule has 0 aliphatic heterocycles. The molecule has 0 amide bonds. The summed E-state index contributed by atoms with van der Waals surface area (Å²) < 4.78 is 5.44. The van der Waals surface area contributed by atoms with Crippen LogP contribution in [-0.2, 0) is 9.62 Å². The predicted octanol–water partition coefficient (Wildman–Crippen LogP) is 0.765. The summed E-state index contributed by atoms with van der Waals surface area (Å²) in [7, 11) is 8.03. The van der Waals surface area contributed by atoms with Crippen LogP contribution in [-0.4, -0.2) is 75.7 Å². The summed E-state index contributed by atoms with van der Waals surface area (Å²) in [5.74, 6) is 0. The Morgan fingerprint density at radius 2 is 1.56 bits per heavy atom. The van der Waals surface area contributed by atoms with Crippen molar-refractivity contribution in [3.05, 3.63) is 0 Å². The van der Waals surface area contributed by atoms with Crippen LogP contribution >= 0.6 is 0 Å². The molecule has 0 aromatic carbocycles. The molecule has 1 unspecified atom stereocenters. The molecule has 0 aromatic rings. The maximum absolute atomic E-state index is 8.70. The van der Waals surface area contributed by atoms with Crippen LogP contribution in [0, 0.1) is 0 Å². The van der Waals surface area contributed by atoms with E-state index in [4.69, 9.17) is 9.99 Å². The summed E-state index contributed by atoms with van der Waals surface area (Å²) in [6.45, 7) is 3.18. The quantitative estimate of drug-likeness (QED) is 0.343. The SMILES string of the molecule is CN(C)CCOCCC(CCN(C)C)OO. The predicted molar refractivity (Wildman–Crippen MR) is 64.7 cm³/mol. The molecule has 0 aliphatic carbocycles. The third kappa shape index (κ3) is 10.3. The minimum Gasteiger partial charge on any atom is -0.380 e. The van der Waals surface area contributed by atoms with Crippen LogP contribution in [0.15, 0.2) is 0 Å². The first-order chi connectivity index (χ1) is 7.56. The van der Waals surface area contributed by atoms with Crippen LogP contribution in [0.3, 0.4) is 0 Å². The lowest BCUT2D eigenvalue weighted by Crippen LogP contribution is -2.23. The maximum atomic E-state index is 8.70. The normalized spacial score (nSPS) is 13.7. The lowest BCUT2D eigenvalue weighted by Gasteiger charge is -2.16. The van der Waals surface area contributed by atoms with Gasteiger partial charge in [0.2, 0.25) is 0 Å². The minimum atomic E-state index is -0.123. The Bertz CT molecular complexity index is 154. The van der Waals surface area contributed by atoms with Gasteiger partial charge in [-0.25, -0.2) is 4.89 Å². The van der Waals surface area contributed by atoms with Crippen molar-refractivity contribution in [3.63, 3.8) is 0 Å². The standard InChI is InChI=1S/C11H26N2O3/c1-12(2)7-5-11(16-14)6-9-15-10-8-13(3)4/h11,14H,5-10H2,1-4H3. The molecule has 5 nitrogen and oxygen atoms in total. The Morgan fingerprint density at radius 1 is 0.938 bits per heavy atom. The van der Waals surface area contributed by atoms with E-state index in [1.165, 1.54) is 0 Å². The number of hydrogen-bond donors (Lipinski definition) is 1. The summed E-state index contributed by atoms with van der Waals surface area (Å²) in [5, 5.41) is 8.70. The highest BCUT2D eigenvalue weighted by molar-refractivity contribution is 4.58.